The number of carbonyl (C=O) groups excluding carboxylic acids is 2. The molecule has 9 nitrogen and oxygen atoms in total. The van der Waals surface area contributed by atoms with E-state index in [1.807, 2.05) is 33.3 Å². The number of hydrogen-bond acceptors (Lipinski definition) is 6. The van der Waals surface area contributed by atoms with Crippen molar-refractivity contribution in [3.05, 3.63) is 60.8 Å². The summed E-state index contributed by atoms with van der Waals surface area (Å²) in [6.07, 6.45) is 65.0. The number of esters is 1. The van der Waals surface area contributed by atoms with Gasteiger partial charge < -0.3 is 19.4 Å². The topological polar surface area (TPSA) is 111 Å². The van der Waals surface area contributed by atoms with Crippen molar-refractivity contribution >= 4 is 19.7 Å². The van der Waals surface area contributed by atoms with Crippen molar-refractivity contribution in [1.29, 1.82) is 0 Å². The van der Waals surface area contributed by atoms with Crippen molar-refractivity contribution in [3.63, 3.8) is 0 Å². The molecule has 0 saturated heterocycles. The fourth-order valence-electron chi connectivity index (χ4n) is 8.58. The molecule has 2 N–H and O–H groups in total. The van der Waals surface area contributed by atoms with Crippen LogP contribution in [-0.4, -0.2) is 74.3 Å². The highest BCUT2D eigenvalue weighted by atomic mass is 31.2. The van der Waals surface area contributed by atoms with Crippen LogP contribution in [-0.2, 0) is 27.9 Å². The van der Waals surface area contributed by atoms with Crippen LogP contribution in [0.25, 0.3) is 0 Å². The molecule has 0 fully saturated rings. The first kappa shape index (κ1) is 69.7. The summed E-state index contributed by atoms with van der Waals surface area (Å²) in [4.78, 5) is 37.6. The van der Waals surface area contributed by atoms with E-state index in [2.05, 4.69) is 74.7 Å². The van der Waals surface area contributed by atoms with Crippen molar-refractivity contribution in [2.24, 2.45) is 0 Å². The van der Waals surface area contributed by atoms with Gasteiger partial charge in [-0.25, -0.2) is 4.57 Å². The van der Waals surface area contributed by atoms with Crippen molar-refractivity contribution < 1.29 is 37.3 Å². The number of carbonyl (C=O) groups is 2. The summed E-state index contributed by atoms with van der Waals surface area (Å²) in [7, 11) is 1.48. The molecule has 0 aromatic carbocycles. The van der Waals surface area contributed by atoms with Gasteiger partial charge in [0.2, 0.25) is 5.91 Å². The third kappa shape index (κ3) is 52.6. The molecular weight excluding hydrogens is 916 g/mol. The molecule has 72 heavy (non-hydrogen) atoms. The third-order valence-corrected chi connectivity index (χ3v) is 14.2. The number of ether oxygens (including phenoxy) is 1. The first-order valence-electron chi connectivity index (χ1n) is 30.1. The van der Waals surface area contributed by atoms with Crippen LogP contribution < -0.4 is 5.32 Å². The molecule has 10 heteroatoms. The second-order valence-corrected chi connectivity index (χ2v) is 23.0. The van der Waals surface area contributed by atoms with E-state index in [9.17, 15) is 19.0 Å². The van der Waals surface area contributed by atoms with Crippen LogP contribution in [0.3, 0.4) is 0 Å². The number of allylic oxidation sites excluding steroid dienone is 9. The summed E-state index contributed by atoms with van der Waals surface area (Å²) in [6.45, 7) is 6.88. The number of phosphoric ester groups is 1. The minimum atomic E-state index is -4.45. The first-order valence-corrected chi connectivity index (χ1v) is 31.6. The summed E-state index contributed by atoms with van der Waals surface area (Å²) in [5, 5.41) is 3.05. The van der Waals surface area contributed by atoms with Gasteiger partial charge in [0.25, 0.3) is 0 Å². The number of likely N-dealkylation sites (N-methyl/N-ethyl adjacent to an activating group) is 1. The molecule has 0 spiro atoms. The van der Waals surface area contributed by atoms with E-state index in [4.69, 9.17) is 13.8 Å². The van der Waals surface area contributed by atoms with E-state index in [0.717, 1.165) is 77.0 Å². The van der Waals surface area contributed by atoms with E-state index in [0.29, 0.717) is 17.4 Å². The standard InChI is InChI=1S/C62H115N2O7P/c1-7-10-13-16-19-22-25-28-30-31-32-33-35-37-40-43-46-49-52-55-62(66)71-60(53-50-47-44-41-38-27-24-21-18-15-12-9-3)59(58-70-72(67,68)69-57-56-64(4,5)6)63-61(65)54-51-48-45-42-39-36-34-29-26-23-20-17-14-11-8-2/h11,14,17,20,23,26,28,30,50,53,59-60H,7-10,12-13,15-16,18-19,21-22,24-25,27,29,31-49,51-52,54-58H2,1-6H3,(H-,63,65,67,68)/p+1/b14-11+,20-17+,26-23+,30-28+,53-50+. The molecule has 420 valence electrons. The predicted octanol–water partition coefficient (Wildman–Crippen LogP) is 18.3. The fraction of sp³-hybridized carbons (Fsp3) is 0.806. The number of unbranched alkanes of at least 4 members (excludes halogenated alkanes) is 32. The van der Waals surface area contributed by atoms with Gasteiger partial charge in [-0.15, -0.1) is 0 Å². The lowest BCUT2D eigenvalue weighted by atomic mass is 10.0. The van der Waals surface area contributed by atoms with Gasteiger partial charge in [0.05, 0.1) is 33.8 Å². The fourth-order valence-corrected chi connectivity index (χ4v) is 9.32. The minimum absolute atomic E-state index is 0.0363. The maximum atomic E-state index is 13.5. The Hall–Kier alpha value is -2.29. The number of hydrogen-bond donors (Lipinski definition) is 2. The van der Waals surface area contributed by atoms with Gasteiger partial charge in [0, 0.05) is 12.8 Å². The lowest BCUT2D eigenvalue weighted by Crippen LogP contribution is -2.47. The van der Waals surface area contributed by atoms with Gasteiger partial charge >= 0.3 is 13.8 Å². The third-order valence-electron chi connectivity index (χ3n) is 13.3. The molecular formula is C62H116N2O7P+. The SMILES string of the molecule is CC/C=C/C=C/C=C/CCCCCCCCCC(=O)NC(COP(=O)(O)OCC[N+](C)(C)C)C(/C=C/CCCCCCCCCCCC)OC(=O)CCCCCCCCCCC/C=C/CCCCCCCC. The molecule has 0 aromatic rings. The maximum absolute atomic E-state index is 13.5. The minimum Gasteiger partial charge on any atom is -0.456 e. The van der Waals surface area contributed by atoms with E-state index >= 15 is 0 Å². The van der Waals surface area contributed by atoms with Gasteiger partial charge in [0.1, 0.15) is 19.3 Å². The Morgan fingerprint density at radius 3 is 1.36 bits per heavy atom. The maximum Gasteiger partial charge on any atom is 0.472 e. The second kappa shape index (κ2) is 52.2. The monoisotopic (exact) mass is 1030 g/mol. The quantitative estimate of drug-likeness (QED) is 0.0156. The molecule has 3 unspecified atom stereocenters. The molecule has 1 amide bonds. The Morgan fingerprint density at radius 2 is 0.903 bits per heavy atom. The molecule has 0 aliphatic carbocycles. The molecule has 0 aliphatic rings. The van der Waals surface area contributed by atoms with E-state index in [-0.39, 0.29) is 31.5 Å². The number of nitrogens with one attached hydrogen (secondary N) is 1. The van der Waals surface area contributed by atoms with Crippen LogP contribution in [0.4, 0.5) is 0 Å². The predicted molar refractivity (Wildman–Crippen MR) is 309 cm³/mol. The summed E-state index contributed by atoms with van der Waals surface area (Å²) in [5.74, 6) is -0.518. The summed E-state index contributed by atoms with van der Waals surface area (Å²) < 4.78 is 30.7. The van der Waals surface area contributed by atoms with Crippen LogP contribution in [0.15, 0.2) is 60.8 Å². The van der Waals surface area contributed by atoms with Gasteiger partial charge in [0.15, 0.2) is 0 Å². The largest absolute Gasteiger partial charge is 0.472 e. The highest BCUT2D eigenvalue weighted by Gasteiger charge is 2.30. The highest BCUT2D eigenvalue weighted by Crippen LogP contribution is 2.43. The zero-order valence-corrected chi connectivity index (χ0v) is 48.8. The average Bonchev–Trinajstić information content (AvgIpc) is 3.34. The van der Waals surface area contributed by atoms with E-state index < -0.39 is 20.0 Å². The zero-order valence-electron chi connectivity index (χ0n) is 47.9. The number of amides is 1. The Bertz CT molecular complexity index is 1420. The number of quaternary nitrogens is 1. The summed E-state index contributed by atoms with van der Waals surface area (Å²) in [6, 6.07) is -0.855. The molecule has 0 aliphatic heterocycles. The van der Waals surface area contributed by atoms with Crippen LogP contribution in [0.5, 0.6) is 0 Å². The van der Waals surface area contributed by atoms with Crippen molar-refractivity contribution in [3.8, 4) is 0 Å². The molecule has 0 rings (SSSR count). The van der Waals surface area contributed by atoms with Crippen LogP contribution in [0.1, 0.15) is 271 Å². The Morgan fingerprint density at radius 1 is 0.500 bits per heavy atom. The molecule has 0 bridgehead atoms. The van der Waals surface area contributed by atoms with Gasteiger partial charge in [-0.1, -0.05) is 242 Å². The van der Waals surface area contributed by atoms with Crippen LogP contribution >= 0.6 is 7.82 Å². The van der Waals surface area contributed by atoms with Crippen molar-refractivity contribution in [2.75, 3.05) is 40.9 Å². The Balaban J connectivity index is 5.28. The molecule has 3 atom stereocenters. The molecule has 0 aromatic heterocycles. The van der Waals surface area contributed by atoms with Crippen LogP contribution in [0, 0.1) is 0 Å². The number of nitrogens with zero attached hydrogens (tertiary/aromatic N) is 1. The Labute approximate surface area is 445 Å². The summed E-state index contributed by atoms with van der Waals surface area (Å²) >= 11 is 0. The zero-order chi connectivity index (χ0) is 52.9. The average molecular weight is 1030 g/mol. The lowest BCUT2D eigenvalue weighted by Gasteiger charge is -2.27. The lowest BCUT2D eigenvalue weighted by molar-refractivity contribution is -0.870. The van der Waals surface area contributed by atoms with Gasteiger partial charge in [-0.05, 0) is 76.7 Å². The van der Waals surface area contributed by atoms with Crippen LogP contribution in [0.2, 0.25) is 0 Å². The molecule has 0 radical (unpaired) electrons. The van der Waals surface area contributed by atoms with Crippen molar-refractivity contribution in [1.82, 2.24) is 5.32 Å². The molecule has 0 saturated carbocycles. The van der Waals surface area contributed by atoms with Gasteiger partial charge in [-0.3, -0.25) is 18.6 Å². The van der Waals surface area contributed by atoms with E-state index in [1.165, 1.54) is 161 Å². The first-order chi connectivity index (χ1) is 34.9. The van der Waals surface area contributed by atoms with E-state index in [1.54, 1.807) is 0 Å². The van der Waals surface area contributed by atoms with Gasteiger partial charge in [-0.2, -0.15) is 0 Å². The number of phosphoric acid groups is 1. The normalized spacial score (nSPS) is 14.2. The smallest absolute Gasteiger partial charge is 0.456 e. The highest BCUT2D eigenvalue weighted by molar-refractivity contribution is 7.47. The Kier molecular flexibility index (Phi) is 50.5. The molecule has 0 heterocycles. The van der Waals surface area contributed by atoms with Crippen molar-refractivity contribution in [2.45, 2.75) is 283 Å². The summed E-state index contributed by atoms with van der Waals surface area (Å²) in [5.41, 5.74) is 0. The number of rotatable bonds is 54. The second-order valence-electron chi connectivity index (χ2n) is 21.6.